The minimum absolute atomic E-state index is 0.0117. The lowest BCUT2D eigenvalue weighted by atomic mass is 10.1. The fraction of sp³-hybridized carbons (Fsp3) is 0.533. The molecule has 0 spiro atoms. The molecular weight excluding hydrogens is 289 g/mol. The highest BCUT2D eigenvalue weighted by molar-refractivity contribution is 5.76. The largest absolute Gasteiger partial charge is 0.365 e. The van der Waals surface area contributed by atoms with Crippen LogP contribution in [0.3, 0.4) is 0 Å². The van der Waals surface area contributed by atoms with Gasteiger partial charge in [-0.1, -0.05) is 6.92 Å². The van der Waals surface area contributed by atoms with E-state index in [4.69, 9.17) is 0 Å². The van der Waals surface area contributed by atoms with E-state index in [9.17, 15) is 19.3 Å². The van der Waals surface area contributed by atoms with Gasteiger partial charge in [-0.3, -0.25) is 14.9 Å². The molecule has 0 bridgehead atoms. The fourth-order valence-electron chi connectivity index (χ4n) is 2.77. The SMILES string of the molecule is CCCC(=O)N1CCN(c2ccc([N+](=O)[O-])cc2F)C[C@H]1C. The Hall–Kier alpha value is -2.18. The first-order chi connectivity index (χ1) is 10.4. The van der Waals surface area contributed by atoms with Crippen LogP contribution < -0.4 is 4.90 Å². The van der Waals surface area contributed by atoms with E-state index < -0.39 is 10.7 Å². The molecule has 0 unspecified atom stereocenters. The van der Waals surface area contributed by atoms with Crippen LogP contribution in [-0.2, 0) is 4.79 Å². The van der Waals surface area contributed by atoms with Crippen LogP contribution in [0, 0.1) is 15.9 Å². The van der Waals surface area contributed by atoms with Crippen molar-refractivity contribution in [3.63, 3.8) is 0 Å². The van der Waals surface area contributed by atoms with Gasteiger partial charge in [0.25, 0.3) is 5.69 Å². The number of piperazine rings is 1. The summed E-state index contributed by atoms with van der Waals surface area (Å²) in [5.41, 5.74) is 0.0890. The first-order valence-electron chi connectivity index (χ1n) is 7.42. The van der Waals surface area contributed by atoms with Crippen molar-refractivity contribution in [3.05, 3.63) is 34.1 Å². The van der Waals surface area contributed by atoms with Crippen molar-refractivity contribution < 1.29 is 14.1 Å². The number of hydrogen-bond acceptors (Lipinski definition) is 4. The summed E-state index contributed by atoms with van der Waals surface area (Å²) in [7, 11) is 0. The van der Waals surface area contributed by atoms with Gasteiger partial charge in [0.15, 0.2) is 5.82 Å². The molecule has 120 valence electrons. The summed E-state index contributed by atoms with van der Waals surface area (Å²) in [4.78, 5) is 25.7. The topological polar surface area (TPSA) is 66.7 Å². The lowest BCUT2D eigenvalue weighted by molar-refractivity contribution is -0.385. The van der Waals surface area contributed by atoms with Gasteiger partial charge >= 0.3 is 0 Å². The van der Waals surface area contributed by atoms with Gasteiger partial charge in [-0.05, 0) is 19.4 Å². The molecular formula is C15H20FN3O3. The average molecular weight is 309 g/mol. The zero-order valence-electron chi connectivity index (χ0n) is 12.8. The summed E-state index contributed by atoms with van der Waals surface area (Å²) in [5, 5.41) is 10.7. The molecule has 0 aromatic heterocycles. The number of carbonyl (C=O) groups is 1. The molecule has 0 aliphatic carbocycles. The molecule has 1 fully saturated rings. The van der Waals surface area contributed by atoms with E-state index in [1.165, 1.54) is 12.1 Å². The number of benzene rings is 1. The summed E-state index contributed by atoms with van der Waals surface area (Å²) in [6.45, 7) is 5.48. The van der Waals surface area contributed by atoms with Crippen molar-refractivity contribution in [1.29, 1.82) is 0 Å². The third-order valence-electron chi connectivity index (χ3n) is 3.89. The van der Waals surface area contributed by atoms with E-state index in [2.05, 4.69) is 0 Å². The summed E-state index contributed by atoms with van der Waals surface area (Å²) >= 11 is 0. The molecule has 1 aliphatic rings. The summed E-state index contributed by atoms with van der Waals surface area (Å²) in [6, 6.07) is 3.66. The molecule has 22 heavy (non-hydrogen) atoms. The van der Waals surface area contributed by atoms with Crippen molar-refractivity contribution in [2.24, 2.45) is 0 Å². The fourth-order valence-corrected chi connectivity index (χ4v) is 2.77. The zero-order valence-corrected chi connectivity index (χ0v) is 12.8. The molecule has 2 rings (SSSR count). The first-order valence-corrected chi connectivity index (χ1v) is 7.42. The zero-order chi connectivity index (χ0) is 16.3. The smallest absolute Gasteiger partial charge is 0.272 e. The van der Waals surface area contributed by atoms with Crippen molar-refractivity contribution in [2.75, 3.05) is 24.5 Å². The van der Waals surface area contributed by atoms with Crippen LogP contribution in [0.5, 0.6) is 0 Å². The predicted octanol–water partition coefficient (Wildman–Crippen LogP) is 2.57. The lowest BCUT2D eigenvalue weighted by Crippen LogP contribution is -2.54. The molecule has 1 amide bonds. The molecule has 1 saturated heterocycles. The number of halogens is 1. The number of nitro benzene ring substituents is 1. The molecule has 1 aromatic rings. The minimum atomic E-state index is -0.614. The number of anilines is 1. The number of rotatable bonds is 4. The standard InChI is InChI=1S/C15H20FN3O3/c1-3-4-15(20)18-8-7-17(10-11(18)2)14-6-5-12(19(21)22)9-13(14)16/h5-6,9,11H,3-4,7-8,10H2,1-2H3/t11-/m1/s1. The Morgan fingerprint density at radius 3 is 2.73 bits per heavy atom. The molecule has 7 heteroatoms. The predicted molar refractivity (Wildman–Crippen MR) is 81.4 cm³/mol. The normalized spacial score (nSPS) is 18.4. The molecule has 1 aliphatic heterocycles. The molecule has 0 N–H and O–H groups in total. The number of carbonyl (C=O) groups excluding carboxylic acids is 1. The number of nitro groups is 1. The minimum Gasteiger partial charge on any atom is -0.365 e. The Bertz CT molecular complexity index is 579. The van der Waals surface area contributed by atoms with Gasteiger partial charge in [-0.25, -0.2) is 4.39 Å². The Morgan fingerprint density at radius 2 is 2.18 bits per heavy atom. The van der Waals surface area contributed by atoms with Crippen LogP contribution in [0.25, 0.3) is 0 Å². The molecule has 1 atom stereocenters. The van der Waals surface area contributed by atoms with Crippen molar-refractivity contribution in [3.8, 4) is 0 Å². The molecule has 6 nitrogen and oxygen atoms in total. The second kappa shape index (κ2) is 6.72. The maximum atomic E-state index is 14.1. The van der Waals surface area contributed by atoms with Gasteiger partial charge in [0, 0.05) is 38.2 Å². The van der Waals surface area contributed by atoms with E-state index in [0.717, 1.165) is 12.5 Å². The number of hydrogen-bond donors (Lipinski definition) is 0. The lowest BCUT2D eigenvalue weighted by Gasteiger charge is -2.41. The van der Waals surface area contributed by atoms with Crippen LogP contribution >= 0.6 is 0 Å². The first kappa shape index (κ1) is 16.2. The Kier molecular flexibility index (Phi) is 4.95. The Labute approximate surface area is 128 Å². The highest BCUT2D eigenvalue weighted by Crippen LogP contribution is 2.26. The van der Waals surface area contributed by atoms with Crippen LogP contribution in [0.15, 0.2) is 18.2 Å². The van der Waals surface area contributed by atoms with Gasteiger partial charge in [0.1, 0.15) is 0 Å². The van der Waals surface area contributed by atoms with E-state index in [-0.39, 0.29) is 17.6 Å². The third kappa shape index (κ3) is 3.35. The van der Waals surface area contributed by atoms with E-state index >= 15 is 0 Å². The van der Waals surface area contributed by atoms with Gasteiger partial charge in [0.2, 0.25) is 5.91 Å². The van der Waals surface area contributed by atoms with Crippen LogP contribution in [0.1, 0.15) is 26.7 Å². The summed E-state index contributed by atoms with van der Waals surface area (Å²) in [5.74, 6) is -0.478. The maximum Gasteiger partial charge on any atom is 0.272 e. The average Bonchev–Trinajstić information content (AvgIpc) is 2.47. The monoisotopic (exact) mass is 309 g/mol. The number of non-ortho nitro benzene ring substituents is 1. The highest BCUT2D eigenvalue weighted by atomic mass is 19.1. The molecule has 1 heterocycles. The van der Waals surface area contributed by atoms with Gasteiger partial charge in [0.05, 0.1) is 16.7 Å². The highest BCUT2D eigenvalue weighted by Gasteiger charge is 2.28. The van der Waals surface area contributed by atoms with Crippen LogP contribution in [0.4, 0.5) is 15.8 Å². The van der Waals surface area contributed by atoms with Crippen molar-refractivity contribution >= 4 is 17.3 Å². The molecule has 0 radical (unpaired) electrons. The van der Waals surface area contributed by atoms with Crippen molar-refractivity contribution in [2.45, 2.75) is 32.7 Å². The van der Waals surface area contributed by atoms with E-state index in [1.54, 1.807) is 0 Å². The second-order valence-electron chi connectivity index (χ2n) is 5.52. The van der Waals surface area contributed by atoms with Crippen LogP contribution in [-0.4, -0.2) is 41.4 Å². The van der Waals surface area contributed by atoms with E-state index in [0.29, 0.717) is 31.7 Å². The number of nitrogens with zero attached hydrogens (tertiary/aromatic N) is 3. The summed E-state index contributed by atoms with van der Waals surface area (Å²) < 4.78 is 14.1. The third-order valence-corrected chi connectivity index (χ3v) is 3.89. The maximum absolute atomic E-state index is 14.1. The van der Waals surface area contributed by atoms with Gasteiger partial charge < -0.3 is 9.80 Å². The Balaban J connectivity index is 2.10. The second-order valence-corrected chi connectivity index (χ2v) is 5.52. The van der Waals surface area contributed by atoms with Crippen molar-refractivity contribution in [1.82, 2.24) is 4.90 Å². The quantitative estimate of drug-likeness (QED) is 0.633. The summed E-state index contributed by atoms with van der Waals surface area (Å²) in [6.07, 6.45) is 1.33. The van der Waals surface area contributed by atoms with Gasteiger partial charge in [-0.15, -0.1) is 0 Å². The van der Waals surface area contributed by atoms with Gasteiger partial charge in [-0.2, -0.15) is 0 Å². The Morgan fingerprint density at radius 1 is 1.45 bits per heavy atom. The molecule has 1 aromatic carbocycles. The van der Waals surface area contributed by atoms with Crippen LogP contribution in [0.2, 0.25) is 0 Å². The van der Waals surface area contributed by atoms with E-state index in [1.807, 2.05) is 23.6 Å². The molecule has 0 saturated carbocycles. The number of amides is 1.